The third-order valence-electron chi connectivity index (χ3n) is 43.9. The fraction of sp³-hybridized carbons (Fsp3) is 0.837. The van der Waals surface area contributed by atoms with E-state index in [1.165, 1.54) is 270 Å². The van der Waals surface area contributed by atoms with Crippen molar-refractivity contribution in [2.24, 2.45) is 187 Å². The SMILES string of the molecule is C=C(C)C(=O)OCC(=O)OC1(C2CCC(C)CC2)C2CC3CC1CC(C)(C3)C2.C=C(C)C(=O)OCCCC(=O)OC1(C2CCCC(C)C2)C2CC3CC1CC(C)(C3)C2.C=C(C)C(=O)OCCCCC(=O)OC1(C2CC3CCC2C3)C2CC3CC1CC(C)(C3)C2.C=CC(=O)OCC(=O)OC1(C2CC3CCC2C3)C2CC3CC1CC(C)(C3)C2.C=CC(=O)OCC(=O)OC1(C2CCCC(C)C2)C2CC3CC1CC(C)(C3)C2. The number of unbranched alkanes of at least 4 members (excludes halogenated alkanes) is 1. The highest BCUT2D eigenvalue weighted by Gasteiger charge is 2.73. The minimum atomic E-state index is -0.565. The maximum atomic E-state index is 13.1. The van der Waals surface area contributed by atoms with E-state index in [1.807, 2.05) is 0 Å². The molecule has 0 aromatic rings. The minimum Gasteiger partial charge on any atom is -0.462 e. The zero-order valence-electron chi connectivity index (χ0n) is 89.8. The zero-order valence-corrected chi connectivity index (χ0v) is 89.8. The van der Waals surface area contributed by atoms with Crippen molar-refractivity contribution in [1.29, 1.82) is 0 Å². The van der Waals surface area contributed by atoms with E-state index < -0.39 is 17.9 Å². The lowest BCUT2D eigenvalue weighted by Gasteiger charge is -2.66. The fourth-order valence-electron chi connectivity index (χ4n) is 40.4. The van der Waals surface area contributed by atoms with Crippen LogP contribution in [0.3, 0.4) is 0 Å². The van der Waals surface area contributed by atoms with Gasteiger partial charge >= 0.3 is 59.7 Å². The molecule has 20 unspecified atom stereocenters. The Morgan fingerprint density at radius 1 is 0.266 bits per heavy atom. The molecule has 0 aromatic carbocycles. The number of carbonyl (C=O) groups excluding carboxylic acids is 10. The van der Waals surface area contributed by atoms with Crippen LogP contribution in [-0.2, 0) is 95.3 Å². The van der Waals surface area contributed by atoms with Gasteiger partial charge in [0, 0.05) is 113 Å². The van der Waals surface area contributed by atoms with E-state index in [2.05, 4.69) is 88.3 Å². The predicted octanol–water partition coefficient (Wildman–Crippen LogP) is 25.7. The van der Waals surface area contributed by atoms with Crippen molar-refractivity contribution in [3.63, 3.8) is 0 Å². The van der Waals surface area contributed by atoms with Crippen molar-refractivity contribution in [2.45, 2.75) is 425 Å². The molecule has 20 nitrogen and oxygen atoms in total. The Balaban J connectivity index is 0.000000118. The maximum Gasteiger partial charge on any atom is 0.344 e. The Bertz CT molecular complexity index is 4650. The van der Waals surface area contributed by atoms with Crippen molar-refractivity contribution in [1.82, 2.24) is 0 Å². The zero-order chi connectivity index (χ0) is 101. The monoisotopic (exact) mass is 1980 g/mol. The number of rotatable bonds is 30. The number of hydrogen-bond acceptors (Lipinski definition) is 20. The van der Waals surface area contributed by atoms with E-state index in [0.717, 1.165) is 96.5 Å². The topological polar surface area (TPSA) is 263 Å². The van der Waals surface area contributed by atoms with Crippen molar-refractivity contribution in [2.75, 3.05) is 33.0 Å². The second-order valence-corrected chi connectivity index (χ2v) is 55.2. The summed E-state index contributed by atoms with van der Waals surface area (Å²) >= 11 is 0. The van der Waals surface area contributed by atoms with Gasteiger partial charge in [-0.05, 0) is 393 Å². The summed E-state index contributed by atoms with van der Waals surface area (Å²) in [5.74, 6) is 13.7. The average Bonchev–Trinajstić information content (AvgIpc) is 1.69. The summed E-state index contributed by atoms with van der Waals surface area (Å²) in [4.78, 5) is 122. The van der Waals surface area contributed by atoms with Gasteiger partial charge < -0.3 is 47.4 Å². The molecule has 24 bridgehead atoms. The maximum absolute atomic E-state index is 13.1. The second-order valence-electron chi connectivity index (χ2n) is 55.2. The van der Waals surface area contributed by atoms with Gasteiger partial charge in [-0.2, -0.15) is 0 Å². The van der Waals surface area contributed by atoms with E-state index in [9.17, 15) is 47.9 Å². The second kappa shape index (κ2) is 42.3. The predicted molar refractivity (Wildman–Crippen MR) is 546 cm³/mol. The summed E-state index contributed by atoms with van der Waals surface area (Å²) in [7, 11) is 0. The summed E-state index contributed by atoms with van der Waals surface area (Å²) in [6.07, 6.45) is 61.4. The van der Waals surface area contributed by atoms with Gasteiger partial charge in [-0.3, -0.25) is 9.59 Å². The van der Waals surface area contributed by atoms with E-state index in [4.69, 9.17) is 47.4 Å². The van der Waals surface area contributed by atoms with Gasteiger partial charge in [-0.1, -0.05) is 140 Å². The molecule has 27 rings (SSSR count). The van der Waals surface area contributed by atoms with Crippen LogP contribution in [-0.4, -0.2) is 121 Å². The quantitative estimate of drug-likeness (QED) is 0.0280. The first-order chi connectivity index (χ1) is 68.0. The van der Waals surface area contributed by atoms with Gasteiger partial charge in [0.15, 0.2) is 19.8 Å². The highest BCUT2D eigenvalue weighted by atomic mass is 16.6. The molecule has 0 spiro atoms. The van der Waals surface area contributed by atoms with Crippen LogP contribution < -0.4 is 0 Å². The average molecular weight is 1980 g/mol. The smallest absolute Gasteiger partial charge is 0.344 e. The summed E-state index contributed by atoms with van der Waals surface area (Å²) in [5.41, 5.74) is 2.00. The molecule has 143 heavy (non-hydrogen) atoms. The van der Waals surface area contributed by atoms with Crippen LogP contribution in [0.15, 0.2) is 61.8 Å². The van der Waals surface area contributed by atoms with Crippen molar-refractivity contribution in [3.8, 4) is 0 Å². The lowest BCUT2D eigenvalue weighted by molar-refractivity contribution is -0.249. The van der Waals surface area contributed by atoms with Gasteiger partial charge in [0.05, 0.1) is 13.2 Å². The Morgan fingerprint density at radius 2 is 0.552 bits per heavy atom. The number of hydrogen-bond donors (Lipinski definition) is 0. The molecule has 27 fully saturated rings. The third kappa shape index (κ3) is 21.7. The van der Waals surface area contributed by atoms with Crippen LogP contribution in [0.25, 0.3) is 0 Å². The molecule has 0 aliphatic heterocycles. The molecular formula is C123H182O20. The van der Waals surface area contributed by atoms with Gasteiger partial charge in [-0.25, -0.2) is 38.4 Å². The first-order valence-corrected chi connectivity index (χ1v) is 58.1. The van der Waals surface area contributed by atoms with E-state index in [-0.39, 0.29) is 96.2 Å². The largest absolute Gasteiger partial charge is 0.462 e. The Kier molecular flexibility index (Phi) is 31.4. The van der Waals surface area contributed by atoms with Crippen molar-refractivity contribution in [3.05, 3.63) is 61.8 Å². The number of carbonyl (C=O) groups is 10. The van der Waals surface area contributed by atoms with Gasteiger partial charge in [0.1, 0.15) is 28.0 Å². The van der Waals surface area contributed by atoms with Gasteiger partial charge in [-0.15, -0.1) is 0 Å². The lowest BCUT2D eigenvalue weighted by Crippen LogP contribution is -2.66. The van der Waals surface area contributed by atoms with E-state index >= 15 is 0 Å². The first-order valence-electron chi connectivity index (χ1n) is 58.1. The molecule has 0 radical (unpaired) electrons. The molecule has 20 atom stereocenters. The molecule has 0 amide bonds. The van der Waals surface area contributed by atoms with Crippen LogP contribution in [0.4, 0.5) is 0 Å². The molecule has 27 aliphatic rings. The molecule has 0 aromatic heterocycles. The third-order valence-corrected chi connectivity index (χ3v) is 43.9. The normalized spacial score (nSPS) is 45.0. The van der Waals surface area contributed by atoms with Crippen molar-refractivity contribution < 1.29 is 95.3 Å². The highest BCUT2D eigenvalue weighted by Crippen LogP contribution is 2.75. The molecule has 20 heteroatoms. The molecule has 0 N–H and O–H groups in total. The van der Waals surface area contributed by atoms with Crippen LogP contribution in [0.2, 0.25) is 0 Å². The summed E-state index contributed by atoms with van der Waals surface area (Å²) in [6, 6.07) is 0. The summed E-state index contributed by atoms with van der Waals surface area (Å²) < 4.78 is 58.0. The Morgan fingerprint density at radius 3 is 0.853 bits per heavy atom. The summed E-state index contributed by atoms with van der Waals surface area (Å²) in [5, 5.41) is 0. The molecule has 27 aliphatic carbocycles. The molecule has 0 saturated heterocycles. The van der Waals surface area contributed by atoms with Crippen molar-refractivity contribution >= 4 is 59.7 Å². The number of ether oxygens (including phenoxy) is 10. The standard InChI is InChI=1S/C27H40O4.C26H40O4.C24H36O4.C23H32O4.C23H34O4/c1-17(2)25(29)30-9-5-4-6-24(28)31-27(23-13-18-7-8-20(23)10-18)21-11-19-12-22(27)16-26(3,14-19)15-21;1-17(2)24(28)29-10-6-9-23(27)30-26(20-8-5-7-18(3)11-20)21-12-19-13-22(26)16-25(4,14-19)15-21;1-15(2)22(26)27-14-21(25)28-24(18-7-5-16(3)6-8-18)19-9-17-10-20(24)13-23(4,11-17)12-19;1-3-20(24)26-13-21(25)27-23(19-9-14-4-5-16(19)6-14)17-7-15-8-18(23)12-22(2,10-15)11-17;1-4-20(24)26-14-21(25)27-23(17-7-5-6-15(2)8-17)18-9-16-10-19(23)13-22(3,11-16)12-18/h18-23H,1,4-16H2,2-3H3;18-22H,1,5-16H2,2-4H3;16-20H,1,5-14H2,2-4H3;3,14-19H,1,4-13H2,2H3;4,15-19H,1,5-14H2,2-3H3. The van der Waals surface area contributed by atoms with Crippen LogP contribution >= 0.6 is 0 Å². The Labute approximate surface area is 856 Å². The fourth-order valence-corrected chi connectivity index (χ4v) is 40.4. The number of fused-ring (bicyclic) bond motifs is 4. The number of esters is 10. The molecule has 794 valence electrons. The Hall–Kier alpha value is -6.60. The summed E-state index contributed by atoms with van der Waals surface area (Å²) in [6.45, 7) is 41.5. The molecular weight excluding hydrogens is 1800 g/mol. The molecule has 27 saturated carbocycles. The van der Waals surface area contributed by atoms with Gasteiger partial charge in [0.2, 0.25) is 0 Å². The van der Waals surface area contributed by atoms with Crippen LogP contribution in [0.1, 0.15) is 397 Å². The van der Waals surface area contributed by atoms with Crippen LogP contribution in [0, 0.1) is 187 Å². The van der Waals surface area contributed by atoms with Gasteiger partial charge in [0.25, 0.3) is 0 Å². The molecule has 0 heterocycles. The lowest BCUT2D eigenvalue weighted by atomic mass is 9.42. The minimum absolute atomic E-state index is 0.00775. The van der Waals surface area contributed by atoms with E-state index in [0.29, 0.717) is 177 Å². The van der Waals surface area contributed by atoms with E-state index in [1.54, 1.807) is 20.8 Å². The highest BCUT2D eigenvalue weighted by molar-refractivity contribution is 5.89. The van der Waals surface area contributed by atoms with Crippen LogP contribution in [0.5, 0.6) is 0 Å². The first kappa shape index (κ1) is 106.